The number of hydrogen-bond donors (Lipinski definition) is 1. The Bertz CT molecular complexity index is 466. The molecule has 1 N–H and O–H groups in total. The van der Waals surface area contributed by atoms with E-state index in [1.807, 2.05) is 36.4 Å². The van der Waals surface area contributed by atoms with Crippen LogP contribution in [0.3, 0.4) is 0 Å². The monoisotopic (exact) mass is 415 g/mol. The molecule has 0 bridgehead atoms. The van der Waals surface area contributed by atoms with E-state index in [2.05, 4.69) is 0 Å². The van der Waals surface area contributed by atoms with Gasteiger partial charge in [-0.15, -0.1) is 0 Å². The average Bonchev–Trinajstić information content (AvgIpc) is 2.33. The summed E-state index contributed by atoms with van der Waals surface area (Å²) in [6, 6.07) is 3.30. The molecular weight excluding hydrogens is 400 g/mol. The molecule has 1 aromatic rings. The van der Waals surface area contributed by atoms with Gasteiger partial charge in [0.2, 0.25) is 0 Å². The van der Waals surface area contributed by atoms with Gasteiger partial charge in [0.25, 0.3) is 5.91 Å². The van der Waals surface area contributed by atoms with Crippen LogP contribution in [0.2, 0.25) is 10.0 Å². The minimum atomic E-state index is -0.114. The van der Waals surface area contributed by atoms with Crippen LogP contribution in [0, 0.1) is 3.57 Å². The van der Waals surface area contributed by atoms with Gasteiger partial charge in [0.15, 0.2) is 0 Å². The van der Waals surface area contributed by atoms with E-state index in [0.717, 1.165) is 0 Å². The van der Waals surface area contributed by atoms with Crippen molar-refractivity contribution >= 4 is 51.7 Å². The highest BCUT2D eigenvalue weighted by Gasteiger charge is 2.22. The second-order valence-electron chi connectivity index (χ2n) is 4.42. The number of halogens is 3. The number of benzene rings is 1. The summed E-state index contributed by atoms with van der Waals surface area (Å²) in [5.41, 5.74) is 0.504. The predicted octanol–water partition coefficient (Wildman–Crippen LogP) is 3.83. The summed E-state index contributed by atoms with van der Waals surface area (Å²) in [5.74, 6) is -0.114. The lowest BCUT2D eigenvalue weighted by atomic mass is 10.1. The van der Waals surface area contributed by atoms with Crippen molar-refractivity contribution in [3.63, 3.8) is 0 Å². The fourth-order valence-electron chi connectivity index (χ4n) is 1.70. The first-order valence-electron chi connectivity index (χ1n) is 5.94. The lowest BCUT2D eigenvalue weighted by Crippen LogP contribution is -2.38. The number of rotatable bonds is 5. The van der Waals surface area contributed by atoms with Crippen LogP contribution in [0.25, 0.3) is 0 Å². The molecule has 0 atom stereocenters. The molecule has 0 fully saturated rings. The third kappa shape index (κ3) is 4.48. The van der Waals surface area contributed by atoms with Crippen molar-refractivity contribution in [2.45, 2.75) is 26.3 Å². The normalized spacial score (nSPS) is 10.9. The van der Waals surface area contributed by atoms with Crippen molar-refractivity contribution in [1.82, 2.24) is 4.90 Å². The molecule has 19 heavy (non-hydrogen) atoms. The van der Waals surface area contributed by atoms with E-state index >= 15 is 0 Å². The fourth-order valence-corrected chi connectivity index (χ4v) is 2.74. The van der Waals surface area contributed by atoms with Crippen molar-refractivity contribution < 1.29 is 9.90 Å². The molecule has 0 radical (unpaired) electrons. The molecule has 106 valence electrons. The van der Waals surface area contributed by atoms with Crippen LogP contribution >= 0.6 is 45.8 Å². The number of carbonyl (C=O) groups excluding carboxylic acids is 1. The molecule has 0 aromatic heterocycles. The van der Waals surface area contributed by atoms with E-state index in [4.69, 9.17) is 28.3 Å². The quantitative estimate of drug-likeness (QED) is 0.586. The summed E-state index contributed by atoms with van der Waals surface area (Å²) in [7, 11) is 0. The van der Waals surface area contributed by atoms with Crippen LogP contribution in [0.15, 0.2) is 12.1 Å². The van der Waals surface area contributed by atoms with E-state index in [-0.39, 0.29) is 18.6 Å². The zero-order valence-corrected chi connectivity index (χ0v) is 14.5. The molecule has 0 heterocycles. The summed E-state index contributed by atoms with van der Waals surface area (Å²) >= 11 is 14.0. The third-order valence-electron chi connectivity index (χ3n) is 2.66. The first-order chi connectivity index (χ1) is 8.88. The van der Waals surface area contributed by atoms with Crippen LogP contribution < -0.4 is 0 Å². The summed E-state index contributed by atoms with van der Waals surface area (Å²) in [6.45, 7) is 4.44. The number of hydrogen-bond acceptors (Lipinski definition) is 2. The standard InChI is InChI=1S/C13H16Cl2INO2/c1-8(2)17(4-3-5-18)13(19)10-6-9(14)7-11(15)12(10)16/h6-8,18H,3-5H2,1-2H3. The number of carbonyl (C=O) groups is 1. The minimum Gasteiger partial charge on any atom is -0.396 e. The molecule has 1 amide bonds. The van der Waals surface area contributed by atoms with E-state index in [0.29, 0.717) is 32.1 Å². The summed E-state index contributed by atoms with van der Waals surface area (Å²) < 4.78 is 0.698. The average molecular weight is 416 g/mol. The van der Waals surface area contributed by atoms with E-state index in [9.17, 15) is 4.79 Å². The van der Waals surface area contributed by atoms with Crippen molar-refractivity contribution in [2.24, 2.45) is 0 Å². The second kappa shape index (κ2) is 7.67. The maximum atomic E-state index is 12.5. The molecule has 0 saturated heterocycles. The Kier molecular flexibility index (Phi) is 6.86. The van der Waals surface area contributed by atoms with Crippen LogP contribution in [-0.4, -0.2) is 35.1 Å². The van der Waals surface area contributed by atoms with Gasteiger partial charge in [-0.05, 0) is 55.0 Å². The highest BCUT2D eigenvalue weighted by Crippen LogP contribution is 2.28. The van der Waals surface area contributed by atoms with Gasteiger partial charge < -0.3 is 10.0 Å². The molecule has 0 aliphatic carbocycles. The zero-order chi connectivity index (χ0) is 14.6. The van der Waals surface area contributed by atoms with Gasteiger partial charge in [-0.25, -0.2) is 0 Å². The topological polar surface area (TPSA) is 40.5 Å². The summed E-state index contributed by atoms with van der Waals surface area (Å²) in [6.07, 6.45) is 0.550. The largest absolute Gasteiger partial charge is 0.396 e. The molecule has 0 saturated carbocycles. The van der Waals surface area contributed by atoms with Crippen molar-refractivity contribution in [2.75, 3.05) is 13.2 Å². The van der Waals surface area contributed by atoms with Gasteiger partial charge in [-0.3, -0.25) is 4.79 Å². The Hall–Kier alpha value is -0.0400. The molecule has 6 heteroatoms. The predicted molar refractivity (Wildman–Crippen MR) is 87.1 cm³/mol. The van der Waals surface area contributed by atoms with Crippen LogP contribution in [0.1, 0.15) is 30.6 Å². The maximum Gasteiger partial charge on any atom is 0.255 e. The Morgan fingerprint density at radius 2 is 2.05 bits per heavy atom. The number of nitrogens with zero attached hydrogens (tertiary/aromatic N) is 1. The molecule has 1 aromatic carbocycles. The zero-order valence-electron chi connectivity index (χ0n) is 10.8. The molecule has 0 spiro atoms. The molecule has 0 unspecified atom stereocenters. The van der Waals surface area contributed by atoms with Crippen molar-refractivity contribution in [3.8, 4) is 0 Å². The van der Waals surface area contributed by atoms with Crippen LogP contribution in [0.4, 0.5) is 0 Å². The Balaban J connectivity index is 3.09. The Morgan fingerprint density at radius 1 is 1.42 bits per heavy atom. The molecule has 1 rings (SSSR count). The van der Waals surface area contributed by atoms with Gasteiger partial charge in [-0.2, -0.15) is 0 Å². The molecule has 3 nitrogen and oxygen atoms in total. The first kappa shape index (κ1) is 17.0. The maximum absolute atomic E-state index is 12.5. The van der Waals surface area contributed by atoms with Gasteiger partial charge in [-0.1, -0.05) is 23.2 Å². The summed E-state index contributed by atoms with van der Waals surface area (Å²) in [4.78, 5) is 14.2. The van der Waals surface area contributed by atoms with Gasteiger partial charge in [0.1, 0.15) is 0 Å². The molecular formula is C13H16Cl2INO2. The van der Waals surface area contributed by atoms with E-state index in [1.165, 1.54) is 0 Å². The van der Waals surface area contributed by atoms with E-state index in [1.54, 1.807) is 17.0 Å². The molecule has 0 aliphatic heterocycles. The molecule has 0 aliphatic rings. The fraction of sp³-hybridized carbons (Fsp3) is 0.462. The number of amides is 1. The minimum absolute atomic E-state index is 0.0487. The SMILES string of the molecule is CC(C)N(CCCO)C(=O)c1cc(Cl)cc(Cl)c1I. The van der Waals surface area contributed by atoms with Crippen LogP contribution in [-0.2, 0) is 0 Å². The Labute approximate surface area is 137 Å². The summed E-state index contributed by atoms with van der Waals surface area (Å²) in [5, 5.41) is 9.83. The Morgan fingerprint density at radius 3 is 2.58 bits per heavy atom. The number of aliphatic hydroxyl groups is 1. The first-order valence-corrected chi connectivity index (χ1v) is 7.78. The number of aliphatic hydroxyl groups excluding tert-OH is 1. The lowest BCUT2D eigenvalue weighted by Gasteiger charge is -2.27. The van der Waals surface area contributed by atoms with Crippen LogP contribution in [0.5, 0.6) is 0 Å². The third-order valence-corrected chi connectivity index (χ3v) is 4.66. The smallest absolute Gasteiger partial charge is 0.255 e. The van der Waals surface area contributed by atoms with Crippen molar-refractivity contribution in [1.29, 1.82) is 0 Å². The lowest BCUT2D eigenvalue weighted by molar-refractivity contribution is 0.0692. The van der Waals surface area contributed by atoms with Crippen molar-refractivity contribution in [3.05, 3.63) is 31.3 Å². The van der Waals surface area contributed by atoms with E-state index < -0.39 is 0 Å². The highest BCUT2D eigenvalue weighted by atomic mass is 127. The highest BCUT2D eigenvalue weighted by molar-refractivity contribution is 14.1. The van der Waals surface area contributed by atoms with Gasteiger partial charge >= 0.3 is 0 Å². The van der Waals surface area contributed by atoms with Gasteiger partial charge in [0, 0.05) is 27.8 Å². The second-order valence-corrected chi connectivity index (χ2v) is 6.34. The van der Waals surface area contributed by atoms with Gasteiger partial charge in [0.05, 0.1) is 10.6 Å².